The van der Waals surface area contributed by atoms with Crippen LogP contribution < -0.4 is 4.74 Å². The van der Waals surface area contributed by atoms with Crippen LogP contribution in [-0.4, -0.2) is 49.8 Å². The first-order chi connectivity index (χ1) is 14.9. The molecule has 31 heavy (non-hydrogen) atoms. The summed E-state index contributed by atoms with van der Waals surface area (Å²) in [5.41, 5.74) is 1.06. The summed E-state index contributed by atoms with van der Waals surface area (Å²) in [6.07, 6.45) is 3.28. The van der Waals surface area contributed by atoms with Crippen LogP contribution in [0.2, 0.25) is 10.0 Å². The molecule has 8 nitrogen and oxygen atoms in total. The van der Waals surface area contributed by atoms with E-state index in [1.54, 1.807) is 18.2 Å². The number of hydrogen-bond acceptors (Lipinski definition) is 8. The topological polar surface area (TPSA) is 95.5 Å². The molecule has 1 aromatic carbocycles. The van der Waals surface area contributed by atoms with E-state index in [-0.39, 0.29) is 6.79 Å². The maximum absolute atomic E-state index is 10.2. The Bertz CT molecular complexity index is 877. The summed E-state index contributed by atoms with van der Waals surface area (Å²) in [6.45, 7) is 3.13. The zero-order chi connectivity index (χ0) is 22.3. The molecule has 2 aromatic rings. The lowest BCUT2D eigenvalue weighted by molar-refractivity contribution is -0.243. The van der Waals surface area contributed by atoms with Crippen molar-refractivity contribution in [1.29, 1.82) is 0 Å². The highest BCUT2D eigenvalue weighted by Gasteiger charge is 2.28. The van der Waals surface area contributed by atoms with E-state index in [2.05, 4.69) is 10.1 Å². The summed E-state index contributed by atoms with van der Waals surface area (Å²) in [7, 11) is 1.48. The Morgan fingerprint density at radius 3 is 2.61 bits per heavy atom. The highest BCUT2D eigenvalue weighted by molar-refractivity contribution is 6.37. The van der Waals surface area contributed by atoms with Crippen LogP contribution in [0.5, 0.6) is 5.75 Å². The van der Waals surface area contributed by atoms with E-state index in [1.807, 2.05) is 0 Å². The zero-order valence-corrected chi connectivity index (χ0v) is 19.0. The smallest absolute Gasteiger partial charge is 0.216 e. The van der Waals surface area contributed by atoms with E-state index >= 15 is 0 Å². The fraction of sp³-hybridized carbons (Fsp3) is 0.524. The maximum atomic E-state index is 10.2. The molecule has 1 aliphatic heterocycles. The predicted octanol–water partition coefficient (Wildman–Crippen LogP) is 4.34. The van der Waals surface area contributed by atoms with E-state index in [0.717, 1.165) is 24.8 Å². The number of rotatable bonds is 12. The Morgan fingerprint density at radius 1 is 1.16 bits per heavy atom. The van der Waals surface area contributed by atoms with Crippen molar-refractivity contribution in [2.45, 2.75) is 38.4 Å². The number of hydrogen-bond donors (Lipinski definition) is 1. The van der Waals surface area contributed by atoms with Crippen molar-refractivity contribution in [3.8, 4) is 5.75 Å². The van der Waals surface area contributed by atoms with E-state index in [0.29, 0.717) is 59.3 Å². The average Bonchev–Trinajstić information content (AvgIpc) is 3.43. The fourth-order valence-corrected chi connectivity index (χ4v) is 3.58. The molecule has 1 aliphatic rings. The van der Waals surface area contributed by atoms with Crippen LogP contribution >= 0.6 is 23.2 Å². The van der Waals surface area contributed by atoms with Crippen molar-refractivity contribution in [3.05, 3.63) is 45.3 Å². The second kappa shape index (κ2) is 11.2. The van der Waals surface area contributed by atoms with E-state index in [9.17, 15) is 5.11 Å². The van der Waals surface area contributed by atoms with Gasteiger partial charge in [-0.3, -0.25) is 0 Å². The lowest BCUT2D eigenvalue weighted by Gasteiger charge is -2.19. The highest BCUT2D eigenvalue weighted by atomic mass is 35.5. The molecule has 1 unspecified atom stereocenters. The standard InChI is InChI=1S/C21H26Cl2N2O6/c1-21(26,30-13-27-2)18-12-15(31-25-18)6-4-3-5-8-28-19-16(22)10-14(11-17(19)23)20-24-7-9-29-20/h10-12,26H,3-9,13H2,1-2H3. The lowest BCUT2D eigenvalue weighted by atomic mass is 10.1. The van der Waals surface area contributed by atoms with Gasteiger partial charge in [-0.05, 0) is 38.3 Å². The minimum atomic E-state index is -1.56. The first-order valence-electron chi connectivity index (χ1n) is 10.0. The second-order valence-electron chi connectivity index (χ2n) is 7.18. The number of aliphatic imine (C=N–C) groups is 1. The molecule has 1 aromatic heterocycles. The minimum absolute atomic E-state index is 0.0471. The molecule has 1 atom stereocenters. The summed E-state index contributed by atoms with van der Waals surface area (Å²) in [5.74, 6) is 0.133. The molecule has 0 spiro atoms. The molecule has 0 aliphatic carbocycles. The van der Waals surface area contributed by atoms with Gasteiger partial charge in [-0.25, -0.2) is 4.99 Å². The van der Waals surface area contributed by atoms with Gasteiger partial charge in [0.05, 0.1) is 23.2 Å². The SMILES string of the molecule is COCOC(C)(O)c1cc(CCCCCOc2c(Cl)cc(C3=NCCO3)cc2Cl)on1. The first kappa shape index (κ1) is 23.8. The molecule has 0 fully saturated rings. The van der Waals surface area contributed by atoms with Gasteiger partial charge in [0.25, 0.3) is 0 Å². The molecule has 170 valence electrons. The van der Waals surface area contributed by atoms with Crippen molar-refractivity contribution in [2.75, 3.05) is 33.7 Å². The summed E-state index contributed by atoms with van der Waals surface area (Å²) in [5, 5.41) is 15.0. The van der Waals surface area contributed by atoms with Crippen molar-refractivity contribution >= 4 is 29.1 Å². The molecule has 3 rings (SSSR count). The molecule has 0 amide bonds. The molecular weight excluding hydrogens is 447 g/mol. The summed E-state index contributed by atoms with van der Waals surface area (Å²) >= 11 is 12.7. The third-order valence-corrected chi connectivity index (χ3v) is 5.20. The van der Waals surface area contributed by atoms with Crippen LogP contribution in [0.4, 0.5) is 0 Å². The van der Waals surface area contributed by atoms with Gasteiger partial charge in [-0.1, -0.05) is 28.4 Å². The quantitative estimate of drug-likeness (QED) is 0.362. The number of nitrogens with zero attached hydrogens (tertiary/aromatic N) is 2. The van der Waals surface area contributed by atoms with Crippen molar-refractivity contribution in [3.63, 3.8) is 0 Å². The fourth-order valence-electron chi connectivity index (χ4n) is 2.98. The van der Waals surface area contributed by atoms with Gasteiger partial charge in [0, 0.05) is 25.2 Å². The molecule has 0 saturated carbocycles. The number of methoxy groups -OCH3 is 1. The molecule has 0 radical (unpaired) electrons. The number of aliphatic hydroxyl groups is 1. The zero-order valence-electron chi connectivity index (χ0n) is 17.5. The van der Waals surface area contributed by atoms with E-state index < -0.39 is 5.79 Å². The molecule has 10 heteroatoms. The molecule has 0 bridgehead atoms. The van der Waals surface area contributed by atoms with Crippen LogP contribution in [0, 0.1) is 0 Å². The van der Waals surface area contributed by atoms with Gasteiger partial charge in [0.2, 0.25) is 11.7 Å². The Morgan fingerprint density at radius 2 is 1.94 bits per heavy atom. The van der Waals surface area contributed by atoms with Gasteiger partial charge >= 0.3 is 0 Å². The maximum Gasteiger partial charge on any atom is 0.216 e. The van der Waals surface area contributed by atoms with Crippen LogP contribution in [0.3, 0.4) is 0 Å². The van der Waals surface area contributed by atoms with E-state index in [4.69, 9.17) is 46.7 Å². The Hall–Kier alpha value is -1.84. The summed E-state index contributed by atoms with van der Waals surface area (Å²) < 4.78 is 26.5. The van der Waals surface area contributed by atoms with Crippen LogP contribution in [0.1, 0.15) is 43.2 Å². The monoisotopic (exact) mass is 472 g/mol. The Balaban J connectivity index is 1.40. The second-order valence-corrected chi connectivity index (χ2v) is 7.99. The predicted molar refractivity (Wildman–Crippen MR) is 116 cm³/mol. The minimum Gasteiger partial charge on any atom is -0.490 e. The number of halogens is 2. The number of ether oxygens (including phenoxy) is 4. The molecular formula is C21H26Cl2N2O6. The third kappa shape index (κ3) is 6.57. The van der Waals surface area contributed by atoms with Crippen molar-refractivity contribution in [1.82, 2.24) is 5.16 Å². The number of unbranched alkanes of at least 4 members (excludes halogenated alkanes) is 2. The van der Waals surface area contributed by atoms with Crippen LogP contribution in [0.15, 0.2) is 27.7 Å². The van der Waals surface area contributed by atoms with Gasteiger partial charge in [0.1, 0.15) is 24.9 Å². The van der Waals surface area contributed by atoms with Crippen molar-refractivity contribution in [2.24, 2.45) is 4.99 Å². The van der Waals surface area contributed by atoms with Gasteiger partial charge < -0.3 is 28.6 Å². The van der Waals surface area contributed by atoms with Crippen molar-refractivity contribution < 1.29 is 28.6 Å². The Kier molecular flexibility index (Phi) is 8.57. The molecule has 1 N–H and O–H groups in total. The summed E-state index contributed by atoms with van der Waals surface area (Å²) in [6, 6.07) is 5.19. The van der Waals surface area contributed by atoms with Gasteiger partial charge in [0.15, 0.2) is 5.75 Å². The first-order valence-corrected chi connectivity index (χ1v) is 10.8. The van der Waals surface area contributed by atoms with Gasteiger partial charge in [-0.2, -0.15) is 0 Å². The molecule has 0 saturated heterocycles. The third-order valence-electron chi connectivity index (χ3n) is 4.64. The largest absolute Gasteiger partial charge is 0.490 e. The number of aryl methyl sites for hydroxylation is 1. The molecule has 2 heterocycles. The van der Waals surface area contributed by atoms with Crippen LogP contribution in [0.25, 0.3) is 0 Å². The highest BCUT2D eigenvalue weighted by Crippen LogP contribution is 2.35. The lowest BCUT2D eigenvalue weighted by Crippen LogP contribution is -2.26. The Labute approximate surface area is 191 Å². The average molecular weight is 473 g/mol. The number of benzene rings is 1. The van der Waals surface area contributed by atoms with Crippen LogP contribution in [-0.2, 0) is 26.4 Å². The number of aromatic nitrogens is 1. The normalized spacial score (nSPS) is 15.5. The van der Waals surface area contributed by atoms with E-state index in [1.165, 1.54) is 14.0 Å². The van der Waals surface area contributed by atoms with Gasteiger partial charge in [-0.15, -0.1) is 0 Å². The summed E-state index contributed by atoms with van der Waals surface area (Å²) in [4.78, 5) is 4.26.